The second-order valence-electron chi connectivity index (χ2n) is 6.60. The third kappa shape index (κ3) is 5.44. The maximum Gasteiger partial charge on any atom is 0.155 e. The topological polar surface area (TPSA) is 46.2 Å². The number of ketones is 2. The molecule has 0 saturated heterocycles. The summed E-state index contributed by atoms with van der Waals surface area (Å²) in [6.07, 6.45) is 0.285. The van der Waals surface area contributed by atoms with Gasteiger partial charge in [-0.25, -0.2) is 0 Å². The van der Waals surface area contributed by atoms with Gasteiger partial charge in [-0.15, -0.1) is 0 Å². The zero-order valence-electron chi connectivity index (χ0n) is 12.3. The molecule has 1 atom stereocenters. The summed E-state index contributed by atoms with van der Waals surface area (Å²) in [5, 5.41) is 3.12. The minimum absolute atomic E-state index is 0.108. The first-order chi connectivity index (χ1) is 7.50. The predicted molar refractivity (Wildman–Crippen MR) is 71.0 cm³/mol. The summed E-state index contributed by atoms with van der Waals surface area (Å²) in [4.78, 5) is 24.2. The number of Topliss-reactive ketones (excluding diaryl/α,β-unsaturated/α-hetero) is 2. The van der Waals surface area contributed by atoms with Crippen LogP contribution in [0.4, 0.5) is 0 Å². The summed E-state index contributed by atoms with van der Waals surface area (Å²) in [7, 11) is 0. The van der Waals surface area contributed by atoms with E-state index in [4.69, 9.17) is 0 Å². The largest absolute Gasteiger partial charge is 0.307 e. The highest BCUT2D eigenvalue weighted by Crippen LogP contribution is 2.22. The Kier molecular flexibility index (Phi) is 5.53. The molecule has 0 aromatic carbocycles. The molecule has 0 heterocycles. The van der Waals surface area contributed by atoms with Crippen LogP contribution in [0.25, 0.3) is 0 Å². The van der Waals surface area contributed by atoms with E-state index >= 15 is 0 Å². The van der Waals surface area contributed by atoms with Crippen LogP contribution in [-0.4, -0.2) is 24.2 Å². The van der Waals surface area contributed by atoms with Crippen LogP contribution in [0.1, 0.15) is 54.9 Å². The van der Waals surface area contributed by atoms with Crippen LogP contribution in [0.15, 0.2) is 0 Å². The lowest BCUT2D eigenvalue weighted by Crippen LogP contribution is -2.45. The minimum atomic E-state index is -0.412. The van der Waals surface area contributed by atoms with Crippen molar-refractivity contribution in [3.63, 3.8) is 0 Å². The van der Waals surface area contributed by atoms with Crippen LogP contribution >= 0.6 is 0 Å². The quantitative estimate of drug-likeness (QED) is 0.804. The molecule has 17 heavy (non-hydrogen) atoms. The third-order valence-electron chi connectivity index (χ3n) is 2.73. The first-order valence-electron chi connectivity index (χ1n) is 6.31. The van der Waals surface area contributed by atoms with Gasteiger partial charge in [-0.2, -0.15) is 0 Å². The Labute approximate surface area is 105 Å². The van der Waals surface area contributed by atoms with E-state index in [9.17, 15) is 9.59 Å². The van der Waals surface area contributed by atoms with E-state index in [0.717, 1.165) is 0 Å². The standard InChI is InChI=1S/C14H27NO2/c1-8-15-10(12(17)14(5,6)7)9-11(16)13(2,3)4/h10,15H,8-9H2,1-7H3. The molecule has 0 fully saturated rings. The van der Waals surface area contributed by atoms with Crippen molar-refractivity contribution < 1.29 is 9.59 Å². The molecule has 1 unspecified atom stereocenters. The number of rotatable bonds is 5. The SMILES string of the molecule is CCNC(CC(=O)C(C)(C)C)C(=O)C(C)(C)C. The Hall–Kier alpha value is -0.700. The molecule has 0 aromatic heterocycles. The van der Waals surface area contributed by atoms with Crippen LogP contribution in [0, 0.1) is 10.8 Å². The molecule has 0 bridgehead atoms. The molecule has 0 spiro atoms. The number of hydrogen-bond acceptors (Lipinski definition) is 3. The highest BCUT2D eigenvalue weighted by Gasteiger charge is 2.33. The summed E-state index contributed by atoms with van der Waals surface area (Å²) < 4.78 is 0. The summed E-state index contributed by atoms with van der Waals surface area (Å²) in [5.74, 6) is 0.234. The van der Waals surface area contributed by atoms with Crippen LogP contribution in [0.3, 0.4) is 0 Å². The van der Waals surface area contributed by atoms with Crippen molar-refractivity contribution in [2.45, 2.75) is 60.9 Å². The van der Waals surface area contributed by atoms with Crippen LogP contribution in [-0.2, 0) is 9.59 Å². The summed E-state index contributed by atoms with van der Waals surface area (Å²) in [5.41, 5.74) is -0.795. The van der Waals surface area contributed by atoms with Gasteiger partial charge in [0.25, 0.3) is 0 Å². The molecule has 100 valence electrons. The normalized spacial score (nSPS) is 14.5. The van der Waals surface area contributed by atoms with Gasteiger partial charge in [0.15, 0.2) is 5.78 Å². The summed E-state index contributed by atoms with van der Waals surface area (Å²) in [6, 6.07) is -0.355. The fraction of sp³-hybridized carbons (Fsp3) is 0.857. The fourth-order valence-corrected chi connectivity index (χ4v) is 1.52. The van der Waals surface area contributed by atoms with E-state index in [-0.39, 0.29) is 29.4 Å². The zero-order valence-corrected chi connectivity index (χ0v) is 12.3. The zero-order chi connectivity index (χ0) is 13.9. The molecule has 0 aliphatic heterocycles. The average Bonchev–Trinajstić information content (AvgIpc) is 2.12. The Bertz CT molecular complexity index is 282. The molecule has 0 radical (unpaired) electrons. The third-order valence-corrected chi connectivity index (χ3v) is 2.73. The lowest BCUT2D eigenvalue weighted by Gasteiger charge is -2.27. The van der Waals surface area contributed by atoms with E-state index in [1.807, 2.05) is 48.5 Å². The average molecular weight is 241 g/mol. The predicted octanol–water partition coefficient (Wildman–Crippen LogP) is 2.59. The molecular weight excluding hydrogens is 214 g/mol. The van der Waals surface area contributed by atoms with Gasteiger partial charge in [0.05, 0.1) is 6.04 Å². The molecule has 3 nitrogen and oxygen atoms in total. The monoisotopic (exact) mass is 241 g/mol. The molecule has 0 aliphatic carbocycles. The van der Waals surface area contributed by atoms with Gasteiger partial charge < -0.3 is 5.32 Å². The van der Waals surface area contributed by atoms with Crippen molar-refractivity contribution in [1.29, 1.82) is 0 Å². The van der Waals surface area contributed by atoms with E-state index in [0.29, 0.717) is 6.54 Å². The van der Waals surface area contributed by atoms with Gasteiger partial charge in [0.1, 0.15) is 5.78 Å². The fourth-order valence-electron chi connectivity index (χ4n) is 1.52. The Morgan fingerprint density at radius 2 is 1.47 bits per heavy atom. The van der Waals surface area contributed by atoms with E-state index in [1.165, 1.54) is 0 Å². The Morgan fingerprint density at radius 3 is 1.76 bits per heavy atom. The molecule has 1 N–H and O–H groups in total. The van der Waals surface area contributed by atoms with E-state index in [1.54, 1.807) is 0 Å². The molecule has 0 aliphatic rings. The van der Waals surface area contributed by atoms with Crippen molar-refractivity contribution in [1.82, 2.24) is 5.32 Å². The molecule has 0 rings (SSSR count). The summed E-state index contributed by atoms with van der Waals surface area (Å²) >= 11 is 0. The first-order valence-corrected chi connectivity index (χ1v) is 6.31. The second-order valence-corrected chi connectivity index (χ2v) is 6.60. The van der Waals surface area contributed by atoms with Crippen LogP contribution < -0.4 is 5.32 Å². The molecule has 0 amide bonds. The number of carbonyl (C=O) groups excluding carboxylic acids is 2. The van der Waals surface area contributed by atoms with Gasteiger partial charge in [-0.3, -0.25) is 9.59 Å². The van der Waals surface area contributed by atoms with Crippen molar-refractivity contribution in [3.8, 4) is 0 Å². The molecule has 0 saturated carbocycles. The second kappa shape index (κ2) is 5.76. The lowest BCUT2D eigenvalue weighted by molar-refractivity contribution is -0.133. The van der Waals surface area contributed by atoms with Crippen molar-refractivity contribution in [3.05, 3.63) is 0 Å². The minimum Gasteiger partial charge on any atom is -0.307 e. The van der Waals surface area contributed by atoms with E-state index < -0.39 is 5.41 Å². The van der Waals surface area contributed by atoms with Crippen molar-refractivity contribution in [2.75, 3.05) is 6.54 Å². The highest BCUT2D eigenvalue weighted by atomic mass is 16.1. The maximum absolute atomic E-state index is 12.2. The van der Waals surface area contributed by atoms with Gasteiger partial charge in [-0.1, -0.05) is 48.5 Å². The summed E-state index contributed by atoms with van der Waals surface area (Å²) in [6.45, 7) is 14.0. The highest BCUT2D eigenvalue weighted by molar-refractivity contribution is 5.94. The van der Waals surface area contributed by atoms with Crippen molar-refractivity contribution >= 4 is 11.6 Å². The lowest BCUT2D eigenvalue weighted by atomic mass is 9.81. The van der Waals surface area contributed by atoms with Crippen molar-refractivity contribution in [2.24, 2.45) is 10.8 Å². The van der Waals surface area contributed by atoms with Crippen LogP contribution in [0.2, 0.25) is 0 Å². The van der Waals surface area contributed by atoms with Crippen LogP contribution in [0.5, 0.6) is 0 Å². The molecule has 3 heteroatoms. The molecular formula is C14H27NO2. The smallest absolute Gasteiger partial charge is 0.155 e. The number of nitrogens with one attached hydrogen (secondary N) is 1. The Morgan fingerprint density at radius 1 is 1.00 bits per heavy atom. The Balaban J connectivity index is 4.78. The number of likely N-dealkylation sites (N-methyl/N-ethyl adjacent to an activating group) is 1. The van der Waals surface area contributed by atoms with E-state index in [2.05, 4.69) is 5.32 Å². The number of hydrogen-bond donors (Lipinski definition) is 1. The number of carbonyl (C=O) groups is 2. The maximum atomic E-state index is 12.2. The molecule has 0 aromatic rings. The van der Waals surface area contributed by atoms with Gasteiger partial charge >= 0.3 is 0 Å². The van der Waals surface area contributed by atoms with Gasteiger partial charge in [0.2, 0.25) is 0 Å². The van der Waals surface area contributed by atoms with Gasteiger partial charge in [-0.05, 0) is 6.54 Å². The van der Waals surface area contributed by atoms with Gasteiger partial charge in [0, 0.05) is 17.3 Å². The first kappa shape index (κ1) is 16.3.